The molecule has 0 aliphatic carbocycles. The number of hydrogen-bond acceptors (Lipinski definition) is 2. The molecule has 0 aromatic heterocycles. The standard InChI is InChI=1S/C18H38N2/c1-7-18(6,13-19-12-15(2)3)14-20-10-8-17(9-11-20)16(4)5/h15-17,19H,7-14H2,1-6H3. The minimum atomic E-state index is 0.430. The van der Waals surface area contributed by atoms with E-state index in [4.69, 9.17) is 0 Å². The van der Waals surface area contributed by atoms with Gasteiger partial charge in [0.2, 0.25) is 0 Å². The van der Waals surface area contributed by atoms with E-state index in [1.165, 1.54) is 38.9 Å². The Balaban J connectivity index is 2.36. The highest BCUT2D eigenvalue weighted by molar-refractivity contribution is 4.83. The van der Waals surface area contributed by atoms with E-state index in [2.05, 4.69) is 51.8 Å². The Hall–Kier alpha value is -0.0800. The van der Waals surface area contributed by atoms with E-state index in [1.807, 2.05) is 0 Å². The van der Waals surface area contributed by atoms with Gasteiger partial charge in [-0.2, -0.15) is 0 Å². The minimum absolute atomic E-state index is 0.430. The van der Waals surface area contributed by atoms with Gasteiger partial charge in [-0.3, -0.25) is 0 Å². The van der Waals surface area contributed by atoms with Crippen molar-refractivity contribution in [1.29, 1.82) is 0 Å². The van der Waals surface area contributed by atoms with Gasteiger partial charge >= 0.3 is 0 Å². The van der Waals surface area contributed by atoms with Crippen LogP contribution in [0.5, 0.6) is 0 Å². The van der Waals surface area contributed by atoms with Crippen LogP contribution in [0, 0.1) is 23.2 Å². The van der Waals surface area contributed by atoms with E-state index in [1.54, 1.807) is 0 Å². The Kier molecular flexibility index (Phi) is 7.53. The van der Waals surface area contributed by atoms with Crippen LogP contribution in [0.25, 0.3) is 0 Å². The summed E-state index contributed by atoms with van der Waals surface area (Å²) < 4.78 is 0. The molecule has 1 aliphatic heterocycles. The maximum absolute atomic E-state index is 3.67. The maximum Gasteiger partial charge on any atom is 0.00474 e. The molecule has 1 atom stereocenters. The number of likely N-dealkylation sites (tertiary alicyclic amines) is 1. The summed E-state index contributed by atoms with van der Waals surface area (Å²) in [5.41, 5.74) is 0.430. The average molecular weight is 283 g/mol. The highest BCUT2D eigenvalue weighted by Crippen LogP contribution is 2.28. The third kappa shape index (κ3) is 6.13. The quantitative estimate of drug-likeness (QED) is 0.723. The molecule has 2 nitrogen and oxygen atoms in total. The number of piperidine rings is 1. The fourth-order valence-corrected chi connectivity index (χ4v) is 3.27. The molecule has 0 amide bonds. The Labute approximate surface area is 127 Å². The van der Waals surface area contributed by atoms with Gasteiger partial charge in [-0.05, 0) is 62.1 Å². The van der Waals surface area contributed by atoms with Crippen LogP contribution in [0.1, 0.15) is 60.8 Å². The highest BCUT2D eigenvalue weighted by atomic mass is 15.1. The molecular weight excluding hydrogens is 244 g/mol. The lowest BCUT2D eigenvalue weighted by Crippen LogP contribution is -2.45. The lowest BCUT2D eigenvalue weighted by atomic mass is 9.83. The second-order valence-electron chi connectivity index (χ2n) is 8.05. The van der Waals surface area contributed by atoms with Crippen molar-refractivity contribution in [2.45, 2.75) is 60.8 Å². The highest BCUT2D eigenvalue weighted by Gasteiger charge is 2.28. The summed E-state index contributed by atoms with van der Waals surface area (Å²) in [6.07, 6.45) is 4.07. The second-order valence-corrected chi connectivity index (χ2v) is 8.05. The largest absolute Gasteiger partial charge is 0.316 e. The van der Waals surface area contributed by atoms with Crippen LogP contribution in [0.4, 0.5) is 0 Å². The van der Waals surface area contributed by atoms with Crippen molar-refractivity contribution in [3.63, 3.8) is 0 Å². The second kappa shape index (κ2) is 8.38. The normalized spacial score (nSPS) is 21.6. The summed E-state index contributed by atoms with van der Waals surface area (Å²) in [6.45, 7) is 20.3. The van der Waals surface area contributed by atoms with E-state index in [0.717, 1.165) is 30.8 Å². The minimum Gasteiger partial charge on any atom is -0.316 e. The predicted octanol–water partition coefficient (Wildman–Crippen LogP) is 4.02. The molecule has 0 spiro atoms. The fourth-order valence-electron chi connectivity index (χ4n) is 3.27. The smallest absolute Gasteiger partial charge is 0.00474 e. The first-order chi connectivity index (χ1) is 9.36. The summed E-state index contributed by atoms with van der Waals surface area (Å²) in [5.74, 6) is 2.57. The molecule has 2 heteroatoms. The van der Waals surface area contributed by atoms with Gasteiger partial charge in [-0.1, -0.05) is 41.5 Å². The van der Waals surface area contributed by atoms with Crippen molar-refractivity contribution >= 4 is 0 Å². The van der Waals surface area contributed by atoms with Crippen LogP contribution in [0.3, 0.4) is 0 Å². The van der Waals surface area contributed by atoms with Crippen LogP contribution >= 0.6 is 0 Å². The number of hydrogen-bond donors (Lipinski definition) is 1. The van der Waals surface area contributed by atoms with Gasteiger partial charge in [0.05, 0.1) is 0 Å². The molecule has 1 rings (SSSR count). The molecule has 1 unspecified atom stereocenters. The zero-order chi connectivity index (χ0) is 15.2. The Morgan fingerprint density at radius 2 is 1.75 bits per heavy atom. The molecule has 1 heterocycles. The third-order valence-electron chi connectivity index (χ3n) is 5.14. The van der Waals surface area contributed by atoms with Crippen LogP contribution in [-0.4, -0.2) is 37.6 Å². The average Bonchev–Trinajstić information content (AvgIpc) is 2.39. The zero-order valence-corrected chi connectivity index (χ0v) is 14.8. The molecular formula is C18H38N2. The number of nitrogens with zero attached hydrogens (tertiary/aromatic N) is 1. The summed E-state index contributed by atoms with van der Waals surface area (Å²) in [4.78, 5) is 2.71. The van der Waals surface area contributed by atoms with Gasteiger partial charge in [-0.25, -0.2) is 0 Å². The van der Waals surface area contributed by atoms with Gasteiger partial charge < -0.3 is 10.2 Å². The zero-order valence-electron chi connectivity index (χ0n) is 14.8. The molecule has 20 heavy (non-hydrogen) atoms. The van der Waals surface area contributed by atoms with E-state index < -0.39 is 0 Å². The van der Waals surface area contributed by atoms with E-state index in [9.17, 15) is 0 Å². The number of nitrogens with one attached hydrogen (secondary N) is 1. The van der Waals surface area contributed by atoms with Crippen molar-refractivity contribution in [3.8, 4) is 0 Å². The molecule has 0 radical (unpaired) electrons. The molecule has 120 valence electrons. The summed E-state index contributed by atoms with van der Waals surface area (Å²) in [6, 6.07) is 0. The fraction of sp³-hybridized carbons (Fsp3) is 1.00. The Morgan fingerprint density at radius 1 is 1.15 bits per heavy atom. The molecule has 0 aromatic carbocycles. The van der Waals surface area contributed by atoms with Crippen LogP contribution < -0.4 is 5.32 Å². The van der Waals surface area contributed by atoms with Crippen molar-refractivity contribution in [2.75, 3.05) is 32.7 Å². The van der Waals surface area contributed by atoms with Crippen LogP contribution in [0.2, 0.25) is 0 Å². The first kappa shape index (κ1) is 18.0. The van der Waals surface area contributed by atoms with Gasteiger partial charge in [0.15, 0.2) is 0 Å². The molecule has 1 N–H and O–H groups in total. The van der Waals surface area contributed by atoms with Crippen molar-refractivity contribution in [3.05, 3.63) is 0 Å². The monoisotopic (exact) mass is 282 g/mol. The van der Waals surface area contributed by atoms with Gasteiger partial charge in [-0.15, -0.1) is 0 Å². The van der Waals surface area contributed by atoms with Crippen LogP contribution in [-0.2, 0) is 0 Å². The van der Waals surface area contributed by atoms with E-state index >= 15 is 0 Å². The number of rotatable bonds is 8. The topological polar surface area (TPSA) is 15.3 Å². The Morgan fingerprint density at radius 3 is 2.20 bits per heavy atom. The predicted molar refractivity (Wildman–Crippen MR) is 90.1 cm³/mol. The van der Waals surface area contributed by atoms with Crippen molar-refractivity contribution in [2.24, 2.45) is 23.2 Å². The first-order valence-corrected chi connectivity index (χ1v) is 8.79. The summed E-state index contributed by atoms with van der Waals surface area (Å²) >= 11 is 0. The summed E-state index contributed by atoms with van der Waals surface area (Å²) in [7, 11) is 0. The summed E-state index contributed by atoms with van der Waals surface area (Å²) in [5, 5.41) is 3.67. The third-order valence-corrected chi connectivity index (χ3v) is 5.14. The molecule has 0 aromatic rings. The van der Waals surface area contributed by atoms with Gasteiger partial charge in [0.25, 0.3) is 0 Å². The molecule has 0 saturated carbocycles. The van der Waals surface area contributed by atoms with Crippen molar-refractivity contribution in [1.82, 2.24) is 10.2 Å². The molecule has 1 saturated heterocycles. The molecule has 0 bridgehead atoms. The lowest BCUT2D eigenvalue weighted by molar-refractivity contribution is 0.102. The SMILES string of the molecule is CCC(C)(CNCC(C)C)CN1CCC(C(C)C)CC1. The Bertz CT molecular complexity index is 254. The van der Waals surface area contributed by atoms with Gasteiger partial charge in [0.1, 0.15) is 0 Å². The molecule has 1 fully saturated rings. The van der Waals surface area contributed by atoms with Crippen molar-refractivity contribution < 1.29 is 0 Å². The first-order valence-electron chi connectivity index (χ1n) is 8.79. The maximum atomic E-state index is 3.67. The lowest BCUT2D eigenvalue weighted by Gasteiger charge is -2.40. The van der Waals surface area contributed by atoms with E-state index in [-0.39, 0.29) is 0 Å². The molecule has 1 aliphatic rings. The van der Waals surface area contributed by atoms with Crippen LogP contribution in [0.15, 0.2) is 0 Å². The van der Waals surface area contributed by atoms with E-state index in [0.29, 0.717) is 5.41 Å². The van der Waals surface area contributed by atoms with Gasteiger partial charge in [0, 0.05) is 13.1 Å².